The lowest BCUT2D eigenvalue weighted by molar-refractivity contribution is -0.255. The molecular weight excluding hydrogens is 382 g/mol. The molecule has 0 aliphatic carbocycles. The average molecular weight is 402 g/mol. The van der Waals surface area contributed by atoms with Gasteiger partial charge in [-0.3, -0.25) is 9.36 Å². The number of amides is 1. The number of carboxylic acids is 1. The van der Waals surface area contributed by atoms with Gasteiger partial charge in [-0.2, -0.15) is 0 Å². The van der Waals surface area contributed by atoms with Gasteiger partial charge in [0.25, 0.3) is 5.91 Å². The van der Waals surface area contributed by atoms with Gasteiger partial charge in [-0.15, -0.1) is 0 Å². The Morgan fingerprint density at radius 3 is 2.53 bits per heavy atom. The lowest BCUT2D eigenvalue weighted by Gasteiger charge is -2.10. The summed E-state index contributed by atoms with van der Waals surface area (Å²) in [6.45, 7) is 2.55. The fourth-order valence-electron chi connectivity index (χ4n) is 3.39. The number of nitrogens with zero attached hydrogens (tertiary/aromatic N) is 3. The van der Waals surface area contributed by atoms with Crippen molar-refractivity contribution in [1.29, 1.82) is 0 Å². The molecule has 2 aromatic carbocycles. The fourth-order valence-corrected chi connectivity index (χ4v) is 3.39. The molecule has 2 heterocycles. The third kappa shape index (κ3) is 3.32. The van der Waals surface area contributed by atoms with E-state index in [4.69, 9.17) is 5.73 Å². The Morgan fingerprint density at radius 1 is 1.10 bits per heavy atom. The number of nitrogens with two attached hydrogens (primary N) is 1. The first kappa shape index (κ1) is 19.4. The van der Waals surface area contributed by atoms with Crippen molar-refractivity contribution in [2.45, 2.75) is 19.8 Å². The minimum Gasteiger partial charge on any atom is -0.545 e. The molecule has 1 amide bonds. The van der Waals surface area contributed by atoms with Crippen LogP contribution in [0.5, 0.6) is 0 Å². The highest BCUT2D eigenvalue weighted by Gasteiger charge is 2.24. The summed E-state index contributed by atoms with van der Waals surface area (Å²) in [5.41, 5.74) is 9.08. The van der Waals surface area contributed by atoms with Gasteiger partial charge in [0.2, 0.25) is 0 Å². The average Bonchev–Trinajstić information content (AvgIpc) is 3.03. The van der Waals surface area contributed by atoms with Crippen LogP contribution in [0.1, 0.15) is 40.5 Å². The van der Waals surface area contributed by atoms with Crippen molar-refractivity contribution in [2.75, 3.05) is 12.3 Å². The van der Waals surface area contributed by atoms with Crippen molar-refractivity contribution in [3.63, 3.8) is 0 Å². The molecule has 0 spiro atoms. The maximum atomic E-state index is 12.9. The van der Waals surface area contributed by atoms with Gasteiger partial charge < -0.3 is 21.0 Å². The lowest BCUT2D eigenvalue weighted by Crippen LogP contribution is -2.25. The fraction of sp³-hybridized carbons (Fsp3) is 0.182. The molecule has 4 aromatic rings. The molecular formula is C22H20N5O3-. The maximum Gasteiger partial charge on any atom is 0.257 e. The number of carbonyl (C=O) groups is 2. The van der Waals surface area contributed by atoms with Crippen LogP contribution in [0.25, 0.3) is 27.9 Å². The molecule has 0 saturated heterocycles. The Morgan fingerprint density at radius 2 is 1.83 bits per heavy atom. The number of carbonyl (C=O) groups excluding carboxylic acids is 2. The normalized spacial score (nSPS) is 11.1. The number of benzene rings is 2. The van der Waals surface area contributed by atoms with Crippen LogP contribution in [0.15, 0.2) is 48.5 Å². The monoisotopic (exact) mass is 402 g/mol. The zero-order valence-corrected chi connectivity index (χ0v) is 16.4. The van der Waals surface area contributed by atoms with Crippen molar-refractivity contribution in [1.82, 2.24) is 19.9 Å². The topological polar surface area (TPSA) is 126 Å². The van der Waals surface area contributed by atoms with Crippen molar-refractivity contribution in [3.05, 3.63) is 59.7 Å². The summed E-state index contributed by atoms with van der Waals surface area (Å²) in [7, 11) is 0. The molecule has 8 nitrogen and oxygen atoms in total. The highest BCUT2D eigenvalue weighted by atomic mass is 16.4. The van der Waals surface area contributed by atoms with E-state index in [0.717, 1.165) is 12.8 Å². The molecule has 0 atom stereocenters. The van der Waals surface area contributed by atoms with Crippen molar-refractivity contribution in [2.24, 2.45) is 0 Å². The van der Waals surface area contributed by atoms with Crippen LogP contribution in [-0.2, 0) is 0 Å². The molecule has 0 unspecified atom stereocenters. The van der Waals surface area contributed by atoms with E-state index in [1.54, 1.807) is 16.7 Å². The van der Waals surface area contributed by atoms with Gasteiger partial charge in [0.05, 0.1) is 17.0 Å². The molecule has 3 N–H and O–H groups in total. The molecule has 4 rings (SSSR count). The number of para-hydroxylation sites is 2. The Balaban J connectivity index is 1.98. The summed E-state index contributed by atoms with van der Waals surface area (Å²) in [5.74, 6) is -1.50. The molecule has 30 heavy (non-hydrogen) atoms. The molecule has 0 bridgehead atoms. The number of aromatic carboxylic acids is 1. The standard InChI is InChI=1S/C22H21N5O3/c1-2-3-11-24-21(28)17-18-20(26-16-10-5-4-9-15(16)25-18)27(19(17)23)14-8-6-7-13(12-14)22(29)30/h4-10,12H,2-3,11,23H2,1H3,(H,24,28)(H,29,30)/p-1. The summed E-state index contributed by atoms with van der Waals surface area (Å²) in [4.78, 5) is 33.6. The largest absolute Gasteiger partial charge is 0.545 e. The van der Waals surface area contributed by atoms with Crippen LogP contribution in [0.3, 0.4) is 0 Å². The highest BCUT2D eigenvalue weighted by Crippen LogP contribution is 2.31. The number of hydrogen-bond donors (Lipinski definition) is 2. The molecule has 0 aliphatic heterocycles. The van der Waals surface area contributed by atoms with E-state index < -0.39 is 5.97 Å². The number of anilines is 1. The second kappa shape index (κ2) is 7.82. The summed E-state index contributed by atoms with van der Waals surface area (Å²) in [6, 6.07) is 13.4. The Hall–Kier alpha value is -3.94. The Bertz CT molecular complexity index is 1280. The Labute approximate surface area is 172 Å². The van der Waals surface area contributed by atoms with Crippen LogP contribution in [0, 0.1) is 0 Å². The van der Waals surface area contributed by atoms with E-state index >= 15 is 0 Å². The van der Waals surface area contributed by atoms with Gasteiger partial charge in [-0.05, 0) is 36.2 Å². The number of nitrogens with one attached hydrogen (secondary N) is 1. The van der Waals surface area contributed by atoms with Gasteiger partial charge in [-0.1, -0.05) is 37.6 Å². The predicted molar refractivity (Wildman–Crippen MR) is 112 cm³/mol. The minimum atomic E-state index is -1.30. The number of unbranched alkanes of at least 4 members (excludes halogenated alkanes) is 1. The van der Waals surface area contributed by atoms with Gasteiger partial charge in [0.1, 0.15) is 16.9 Å². The first-order chi connectivity index (χ1) is 14.5. The number of carboxylic acid groups (broad SMARTS) is 1. The molecule has 8 heteroatoms. The molecule has 0 aliphatic rings. The number of nitrogen functional groups attached to an aromatic ring is 1. The van der Waals surface area contributed by atoms with Crippen molar-refractivity contribution in [3.8, 4) is 5.69 Å². The van der Waals surface area contributed by atoms with Crippen LogP contribution in [0.4, 0.5) is 5.82 Å². The van der Waals surface area contributed by atoms with Gasteiger partial charge in [0, 0.05) is 12.2 Å². The zero-order valence-electron chi connectivity index (χ0n) is 16.4. The van der Waals surface area contributed by atoms with E-state index in [1.165, 1.54) is 12.1 Å². The SMILES string of the molecule is CCCCNC(=O)c1c(N)n(-c2cccc(C(=O)[O-])c2)c2nc3ccccc3nc12. The summed E-state index contributed by atoms with van der Waals surface area (Å²) < 4.78 is 1.55. The molecule has 0 radical (unpaired) electrons. The lowest BCUT2D eigenvalue weighted by atomic mass is 10.2. The van der Waals surface area contributed by atoms with Crippen LogP contribution >= 0.6 is 0 Å². The maximum absolute atomic E-state index is 12.9. The van der Waals surface area contributed by atoms with Crippen molar-refractivity contribution >= 4 is 39.9 Å². The second-order valence-corrected chi connectivity index (χ2v) is 6.93. The molecule has 0 saturated carbocycles. The van der Waals surface area contributed by atoms with E-state index in [9.17, 15) is 14.7 Å². The van der Waals surface area contributed by atoms with E-state index in [2.05, 4.69) is 15.3 Å². The second-order valence-electron chi connectivity index (χ2n) is 6.93. The molecule has 0 fully saturated rings. The first-order valence-electron chi connectivity index (χ1n) is 9.68. The minimum absolute atomic E-state index is 0.00329. The van der Waals surface area contributed by atoms with E-state index in [0.29, 0.717) is 34.4 Å². The zero-order chi connectivity index (χ0) is 21.3. The number of aromatic nitrogens is 3. The number of fused-ring (bicyclic) bond motifs is 2. The smallest absolute Gasteiger partial charge is 0.257 e. The summed E-state index contributed by atoms with van der Waals surface area (Å²) in [6.07, 6.45) is 1.78. The van der Waals surface area contributed by atoms with Gasteiger partial charge in [-0.25, -0.2) is 9.97 Å². The highest BCUT2D eigenvalue weighted by molar-refractivity contribution is 6.11. The third-order valence-corrected chi connectivity index (χ3v) is 4.88. The summed E-state index contributed by atoms with van der Waals surface area (Å²) >= 11 is 0. The molecule has 152 valence electrons. The Kier molecular flexibility index (Phi) is 5.05. The van der Waals surface area contributed by atoms with Gasteiger partial charge in [0.15, 0.2) is 5.65 Å². The van der Waals surface area contributed by atoms with Crippen LogP contribution in [-0.4, -0.2) is 33.0 Å². The number of hydrogen-bond acceptors (Lipinski definition) is 6. The van der Waals surface area contributed by atoms with E-state index in [1.807, 2.05) is 31.2 Å². The quantitative estimate of drug-likeness (QED) is 0.475. The third-order valence-electron chi connectivity index (χ3n) is 4.88. The van der Waals surface area contributed by atoms with Crippen molar-refractivity contribution < 1.29 is 14.7 Å². The predicted octanol–water partition coefficient (Wildman–Crippen LogP) is 2.05. The van der Waals surface area contributed by atoms with Gasteiger partial charge >= 0.3 is 0 Å². The van der Waals surface area contributed by atoms with Crippen LogP contribution in [0.2, 0.25) is 0 Å². The first-order valence-corrected chi connectivity index (χ1v) is 9.68. The van der Waals surface area contributed by atoms with E-state index in [-0.39, 0.29) is 22.9 Å². The number of rotatable bonds is 6. The summed E-state index contributed by atoms with van der Waals surface area (Å²) in [5, 5.41) is 14.2. The van der Waals surface area contributed by atoms with Crippen LogP contribution < -0.4 is 16.2 Å². The molecule has 2 aromatic heterocycles.